The molecule has 28 heavy (non-hydrogen) atoms. The minimum Gasteiger partial charge on any atom is -0.497 e. The van der Waals surface area contributed by atoms with Crippen molar-refractivity contribution >= 4 is 23.0 Å². The smallest absolute Gasteiger partial charge is 0.274 e. The Balaban J connectivity index is 1.82. The van der Waals surface area contributed by atoms with Gasteiger partial charge in [0.1, 0.15) is 23.3 Å². The third-order valence-electron chi connectivity index (χ3n) is 3.97. The van der Waals surface area contributed by atoms with Gasteiger partial charge in [0.05, 0.1) is 31.2 Å². The van der Waals surface area contributed by atoms with Crippen LogP contribution in [-0.4, -0.2) is 25.1 Å². The zero-order valence-corrected chi connectivity index (χ0v) is 15.4. The summed E-state index contributed by atoms with van der Waals surface area (Å²) in [6, 6.07) is 17.7. The molecular weight excluding hydrogens is 356 g/mol. The molecule has 7 nitrogen and oxygen atoms in total. The molecule has 0 aliphatic rings. The fourth-order valence-corrected chi connectivity index (χ4v) is 2.58. The second kappa shape index (κ2) is 8.56. The number of methoxy groups -OCH3 is 2. The summed E-state index contributed by atoms with van der Waals surface area (Å²) in [7, 11) is 3.07. The summed E-state index contributed by atoms with van der Waals surface area (Å²) >= 11 is 0. The molecule has 0 aliphatic carbocycles. The Bertz CT molecular complexity index is 1040. The number of nitriles is 1. The molecule has 0 saturated carbocycles. The molecule has 1 aromatic heterocycles. The summed E-state index contributed by atoms with van der Waals surface area (Å²) in [6.45, 7) is 0. The van der Waals surface area contributed by atoms with Gasteiger partial charge in [0.2, 0.25) is 0 Å². The number of ether oxygens (including phenoxy) is 2. The number of benzene rings is 2. The van der Waals surface area contributed by atoms with Crippen LogP contribution in [0.4, 0.5) is 17.1 Å². The highest BCUT2D eigenvalue weighted by Crippen LogP contribution is 2.29. The predicted molar refractivity (Wildman–Crippen MR) is 106 cm³/mol. The Labute approximate surface area is 162 Å². The first-order valence-corrected chi connectivity index (χ1v) is 8.40. The highest BCUT2D eigenvalue weighted by molar-refractivity contribution is 6.04. The fourth-order valence-electron chi connectivity index (χ4n) is 2.58. The molecule has 2 N–H and O–H groups in total. The highest BCUT2D eigenvalue weighted by atomic mass is 16.5. The summed E-state index contributed by atoms with van der Waals surface area (Å²) in [5.41, 5.74) is 2.48. The molecule has 0 unspecified atom stereocenters. The van der Waals surface area contributed by atoms with Gasteiger partial charge in [-0.05, 0) is 36.4 Å². The van der Waals surface area contributed by atoms with Gasteiger partial charge >= 0.3 is 0 Å². The fraction of sp³-hybridized carbons (Fsp3) is 0.0952. The van der Waals surface area contributed by atoms with Gasteiger partial charge in [0, 0.05) is 18.0 Å². The summed E-state index contributed by atoms with van der Waals surface area (Å²) in [4.78, 5) is 16.8. The van der Waals surface area contributed by atoms with E-state index >= 15 is 0 Å². The van der Waals surface area contributed by atoms with Gasteiger partial charge in [-0.3, -0.25) is 9.78 Å². The zero-order valence-electron chi connectivity index (χ0n) is 15.4. The minimum absolute atomic E-state index is 0.212. The second-order valence-electron chi connectivity index (χ2n) is 5.73. The topological polar surface area (TPSA) is 96.3 Å². The number of hydrogen-bond acceptors (Lipinski definition) is 6. The van der Waals surface area contributed by atoms with Gasteiger partial charge in [-0.2, -0.15) is 5.26 Å². The lowest BCUT2D eigenvalue weighted by Gasteiger charge is -2.12. The van der Waals surface area contributed by atoms with Crippen LogP contribution in [0.25, 0.3) is 0 Å². The van der Waals surface area contributed by atoms with E-state index in [-0.39, 0.29) is 5.69 Å². The van der Waals surface area contributed by atoms with Crippen molar-refractivity contribution in [1.82, 2.24) is 4.98 Å². The molecule has 0 spiro atoms. The highest BCUT2D eigenvalue weighted by Gasteiger charge is 2.13. The minimum atomic E-state index is -0.399. The van der Waals surface area contributed by atoms with Crippen molar-refractivity contribution < 1.29 is 14.3 Å². The van der Waals surface area contributed by atoms with Crippen LogP contribution in [0, 0.1) is 11.3 Å². The molecule has 140 valence electrons. The molecule has 0 bridgehead atoms. The molecule has 0 aliphatic heterocycles. The molecule has 0 atom stereocenters. The number of carbonyl (C=O) groups is 1. The number of pyridine rings is 1. The van der Waals surface area contributed by atoms with Gasteiger partial charge in [-0.25, -0.2) is 0 Å². The average molecular weight is 374 g/mol. The van der Waals surface area contributed by atoms with Crippen LogP contribution in [0.3, 0.4) is 0 Å². The zero-order chi connectivity index (χ0) is 19.9. The van der Waals surface area contributed by atoms with E-state index in [0.29, 0.717) is 34.1 Å². The predicted octanol–water partition coefficient (Wildman–Crippen LogP) is 3.97. The number of para-hydroxylation sites is 1. The molecule has 0 fully saturated rings. The molecule has 2 aromatic carbocycles. The Morgan fingerprint density at radius 3 is 2.61 bits per heavy atom. The SMILES string of the molecule is COc1ccc(OC)c(NC(=O)c2cc(Nc3ccccc3C#N)ccn2)c1. The average Bonchev–Trinajstić information content (AvgIpc) is 2.74. The van der Waals surface area contributed by atoms with Crippen molar-refractivity contribution in [1.29, 1.82) is 5.26 Å². The molecule has 0 saturated heterocycles. The van der Waals surface area contributed by atoms with Crippen molar-refractivity contribution in [2.75, 3.05) is 24.9 Å². The van der Waals surface area contributed by atoms with Gasteiger partial charge < -0.3 is 20.1 Å². The van der Waals surface area contributed by atoms with Gasteiger partial charge in [0.25, 0.3) is 5.91 Å². The van der Waals surface area contributed by atoms with Crippen molar-refractivity contribution in [3.05, 3.63) is 72.1 Å². The van der Waals surface area contributed by atoms with Crippen molar-refractivity contribution in [2.45, 2.75) is 0 Å². The Kier molecular flexibility index (Phi) is 5.72. The first kappa shape index (κ1) is 18.7. The quantitative estimate of drug-likeness (QED) is 0.678. The number of rotatable bonds is 6. The van der Waals surface area contributed by atoms with Crippen LogP contribution in [0.15, 0.2) is 60.8 Å². The molecule has 7 heteroatoms. The van der Waals surface area contributed by atoms with Gasteiger partial charge in [-0.15, -0.1) is 0 Å². The number of hydrogen-bond donors (Lipinski definition) is 2. The van der Waals surface area contributed by atoms with E-state index in [2.05, 4.69) is 21.7 Å². The Morgan fingerprint density at radius 1 is 1.04 bits per heavy atom. The number of anilines is 3. The third-order valence-corrected chi connectivity index (χ3v) is 3.97. The monoisotopic (exact) mass is 374 g/mol. The van der Waals surface area contributed by atoms with Crippen molar-refractivity contribution in [2.24, 2.45) is 0 Å². The van der Waals surface area contributed by atoms with E-state index in [1.54, 1.807) is 55.6 Å². The number of amides is 1. The molecule has 0 radical (unpaired) electrons. The number of carbonyl (C=O) groups excluding carboxylic acids is 1. The number of nitrogens with zero attached hydrogens (tertiary/aromatic N) is 2. The van der Waals surface area contributed by atoms with E-state index in [0.717, 1.165) is 0 Å². The van der Waals surface area contributed by atoms with Gasteiger partial charge in [-0.1, -0.05) is 12.1 Å². The van der Waals surface area contributed by atoms with E-state index in [9.17, 15) is 10.1 Å². The largest absolute Gasteiger partial charge is 0.497 e. The Hall–Kier alpha value is -4.05. The van der Waals surface area contributed by atoms with Crippen molar-refractivity contribution in [3.63, 3.8) is 0 Å². The molecule has 1 heterocycles. The lowest BCUT2D eigenvalue weighted by molar-refractivity contribution is 0.102. The maximum Gasteiger partial charge on any atom is 0.274 e. The standard InChI is InChI=1S/C21H18N4O3/c1-27-16-7-8-20(28-2)18(12-16)25-21(26)19-11-15(9-10-23-19)24-17-6-4-3-5-14(17)13-22/h3-12H,1-2H3,(H,23,24)(H,25,26). The van der Waals surface area contributed by atoms with Crippen LogP contribution in [0.2, 0.25) is 0 Å². The first-order valence-electron chi connectivity index (χ1n) is 8.40. The van der Waals surface area contributed by atoms with E-state index in [1.807, 2.05) is 6.07 Å². The molecule has 1 amide bonds. The maximum absolute atomic E-state index is 12.7. The molecular formula is C21H18N4O3. The second-order valence-corrected chi connectivity index (χ2v) is 5.73. The van der Waals surface area contributed by atoms with E-state index in [1.165, 1.54) is 13.3 Å². The molecule has 3 aromatic rings. The summed E-state index contributed by atoms with van der Waals surface area (Å²) in [5, 5.41) is 15.1. The summed E-state index contributed by atoms with van der Waals surface area (Å²) in [5.74, 6) is 0.697. The van der Waals surface area contributed by atoms with Crippen LogP contribution in [-0.2, 0) is 0 Å². The first-order chi connectivity index (χ1) is 13.6. The third kappa shape index (κ3) is 4.19. The van der Waals surface area contributed by atoms with Crippen LogP contribution < -0.4 is 20.1 Å². The van der Waals surface area contributed by atoms with Crippen LogP contribution in [0.1, 0.15) is 16.1 Å². The lowest BCUT2D eigenvalue weighted by atomic mass is 10.2. The van der Waals surface area contributed by atoms with Crippen LogP contribution in [0.5, 0.6) is 11.5 Å². The van der Waals surface area contributed by atoms with E-state index in [4.69, 9.17) is 9.47 Å². The maximum atomic E-state index is 12.7. The van der Waals surface area contributed by atoms with Crippen LogP contribution >= 0.6 is 0 Å². The summed E-state index contributed by atoms with van der Waals surface area (Å²) in [6.07, 6.45) is 1.52. The van der Waals surface area contributed by atoms with E-state index < -0.39 is 5.91 Å². The molecule has 3 rings (SSSR count). The number of nitrogens with one attached hydrogen (secondary N) is 2. The normalized spacial score (nSPS) is 9.89. The van der Waals surface area contributed by atoms with Gasteiger partial charge in [0.15, 0.2) is 0 Å². The Morgan fingerprint density at radius 2 is 1.86 bits per heavy atom. The lowest BCUT2D eigenvalue weighted by Crippen LogP contribution is -2.14. The van der Waals surface area contributed by atoms with Crippen molar-refractivity contribution in [3.8, 4) is 17.6 Å². The summed E-state index contributed by atoms with van der Waals surface area (Å²) < 4.78 is 10.5. The number of aromatic nitrogens is 1.